The number of likely N-dealkylation sites (N-methyl/N-ethyl adjacent to an activating group) is 1. The van der Waals surface area contributed by atoms with E-state index in [4.69, 9.17) is 14.6 Å². The van der Waals surface area contributed by atoms with Crippen LogP contribution in [0.25, 0.3) is 21.9 Å². The molecular formula is C42H44N2O6. The quantitative estimate of drug-likeness (QED) is 0.118. The molecule has 1 heterocycles. The molecule has 1 aliphatic rings. The predicted molar refractivity (Wildman–Crippen MR) is 194 cm³/mol. The van der Waals surface area contributed by atoms with Gasteiger partial charge < -0.3 is 25.0 Å². The summed E-state index contributed by atoms with van der Waals surface area (Å²) in [7, 11) is 2.14. The minimum absolute atomic E-state index is 0.00973. The first-order chi connectivity index (χ1) is 24.3. The average Bonchev–Trinajstić information content (AvgIpc) is 3.15. The molecule has 0 saturated carbocycles. The third kappa shape index (κ3) is 8.64. The number of carbonyl (C=O) groups is 2. The van der Waals surface area contributed by atoms with Gasteiger partial charge in [-0.1, -0.05) is 109 Å². The van der Waals surface area contributed by atoms with E-state index in [1.807, 2.05) is 72.8 Å². The van der Waals surface area contributed by atoms with E-state index in [2.05, 4.69) is 66.7 Å². The Kier molecular flexibility index (Phi) is 11.4. The minimum atomic E-state index is -0.994. The van der Waals surface area contributed by atoms with E-state index < -0.39 is 12.3 Å². The third-order valence-electron chi connectivity index (χ3n) is 9.58. The summed E-state index contributed by atoms with van der Waals surface area (Å²) in [6.07, 6.45) is -0.448. The second-order valence-electron chi connectivity index (χ2n) is 13.0. The van der Waals surface area contributed by atoms with E-state index in [0.717, 1.165) is 33.4 Å². The predicted octanol–water partition coefficient (Wildman–Crippen LogP) is 7.72. The maximum atomic E-state index is 12.2. The van der Waals surface area contributed by atoms with Gasteiger partial charge in [0, 0.05) is 37.5 Å². The number of carboxylic acids is 1. The number of hydrogen-bond donors (Lipinski definition) is 3. The fraction of sp³-hybridized carbons (Fsp3) is 0.286. The summed E-state index contributed by atoms with van der Waals surface area (Å²) in [5, 5.41) is 23.8. The van der Waals surface area contributed by atoms with Crippen LogP contribution in [-0.2, 0) is 32.2 Å². The number of carbonyl (C=O) groups excluding carboxylic acids is 1. The molecule has 50 heavy (non-hydrogen) atoms. The summed E-state index contributed by atoms with van der Waals surface area (Å²) in [6, 6.07) is 39.1. The van der Waals surface area contributed by atoms with Gasteiger partial charge >= 0.3 is 5.97 Å². The Morgan fingerprint density at radius 1 is 0.840 bits per heavy atom. The molecule has 3 N–H and O–H groups in total. The number of nitrogens with zero attached hydrogens (tertiary/aromatic N) is 1. The Morgan fingerprint density at radius 3 is 2.28 bits per heavy atom. The smallest absolute Gasteiger partial charge is 0.303 e. The molecule has 6 rings (SSSR count). The highest BCUT2D eigenvalue weighted by Gasteiger charge is 2.33. The van der Waals surface area contributed by atoms with E-state index >= 15 is 0 Å². The van der Waals surface area contributed by atoms with E-state index in [1.54, 1.807) is 0 Å². The zero-order chi connectivity index (χ0) is 35.0. The van der Waals surface area contributed by atoms with E-state index in [-0.39, 0.29) is 43.6 Å². The molecule has 5 aromatic rings. The second-order valence-corrected chi connectivity index (χ2v) is 13.0. The molecule has 258 valence electrons. The first-order valence-electron chi connectivity index (χ1n) is 17.1. The van der Waals surface area contributed by atoms with Crippen LogP contribution in [0.3, 0.4) is 0 Å². The zero-order valence-electron chi connectivity index (χ0n) is 28.5. The van der Waals surface area contributed by atoms with Crippen LogP contribution in [-0.4, -0.2) is 46.7 Å². The molecule has 5 aromatic carbocycles. The SMILES string of the molecule is C[C@H](c1ccc2ccccc2c1)N(C)C[C@H]1C[C@@H](c2ccc(CO)cc2)O[C@@H](c2ccc(-c3ccccc3CNC(=O)CCC(=O)O)cc2)O1. The Balaban J connectivity index is 1.19. The van der Waals surface area contributed by atoms with Crippen molar-refractivity contribution in [1.29, 1.82) is 0 Å². The van der Waals surface area contributed by atoms with Crippen molar-refractivity contribution >= 4 is 22.6 Å². The first kappa shape index (κ1) is 35.0. The third-order valence-corrected chi connectivity index (χ3v) is 9.58. The molecule has 1 aliphatic heterocycles. The number of aliphatic hydroxyl groups is 1. The number of ether oxygens (including phenoxy) is 2. The maximum absolute atomic E-state index is 12.2. The molecule has 8 nitrogen and oxygen atoms in total. The Hall–Kier alpha value is -4.86. The lowest BCUT2D eigenvalue weighted by Crippen LogP contribution is -2.38. The molecule has 1 fully saturated rings. The topological polar surface area (TPSA) is 108 Å². The Labute approximate surface area is 293 Å². The summed E-state index contributed by atoms with van der Waals surface area (Å²) in [5.41, 5.74) is 6.95. The number of fused-ring (bicyclic) bond motifs is 1. The summed E-state index contributed by atoms with van der Waals surface area (Å²) in [6.45, 7) is 3.23. The van der Waals surface area contributed by atoms with Crippen LogP contribution in [0.15, 0.2) is 115 Å². The number of aliphatic hydroxyl groups excluding tert-OH is 1. The summed E-state index contributed by atoms with van der Waals surface area (Å²) in [4.78, 5) is 25.4. The fourth-order valence-corrected chi connectivity index (χ4v) is 6.51. The van der Waals surface area contributed by atoms with Crippen LogP contribution in [0, 0.1) is 0 Å². The molecule has 0 bridgehead atoms. The largest absolute Gasteiger partial charge is 0.481 e. The highest BCUT2D eigenvalue weighted by Crippen LogP contribution is 2.39. The molecule has 0 aromatic heterocycles. The molecule has 1 amide bonds. The molecular weight excluding hydrogens is 628 g/mol. The lowest BCUT2D eigenvalue weighted by atomic mass is 9.97. The lowest BCUT2D eigenvalue weighted by Gasteiger charge is -2.39. The van der Waals surface area contributed by atoms with Crippen LogP contribution < -0.4 is 5.32 Å². The van der Waals surface area contributed by atoms with E-state index in [9.17, 15) is 14.7 Å². The van der Waals surface area contributed by atoms with E-state index in [0.29, 0.717) is 19.5 Å². The van der Waals surface area contributed by atoms with Crippen LogP contribution in [0.5, 0.6) is 0 Å². The van der Waals surface area contributed by atoms with Gasteiger partial charge in [0.15, 0.2) is 6.29 Å². The summed E-state index contributed by atoms with van der Waals surface area (Å²) >= 11 is 0. The molecule has 4 atom stereocenters. The molecule has 8 heteroatoms. The Bertz CT molecular complexity index is 1910. The fourth-order valence-electron chi connectivity index (χ4n) is 6.51. The van der Waals surface area contributed by atoms with Crippen molar-refractivity contribution < 1.29 is 29.3 Å². The van der Waals surface area contributed by atoms with Crippen molar-refractivity contribution in [3.8, 4) is 11.1 Å². The maximum Gasteiger partial charge on any atom is 0.303 e. The van der Waals surface area contributed by atoms with Gasteiger partial charge in [-0.2, -0.15) is 0 Å². The molecule has 0 radical (unpaired) electrons. The van der Waals surface area contributed by atoms with Gasteiger partial charge in [0.1, 0.15) is 0 Å². The van der Waals surface area contributed by atoms with Gasteiger partial charge in [0.2, 0.25) is 5.91 Å². The normalized spacial score (nSPS) is 18.2. The number of nitrogens with one attached hydrogen (secondary N) is 1. The summed E-state index contributed by atoms with van der Waals surface area (Å²) < 4.78 is 13.3. The van der Waals surface area contributed by atoms with Crippen molar-refractivity contribution in [3.63, 3.8) is 0 Å². The lowest BCUT2D eigenvalue weighted by molar-refractivity contribution is -0.253. The van der Waals surface area contributed by atoms with Crippen molar-refractivity contribution in [1.82, 2.24) is 10.2 Å². The van der Waals surface area contributed by atoms with Gasteiger partial charge in [-0.05, 0) is 64.2 Å². The summed E-state index contributed by atoms with van der Waals surface area (Å²) in [5.74, 6) is -1.29. The highest BCUT2D eigenvalue weighted by atomic mass is 16.7. The van der Waals surface area contributed by atoms with E-state index in [1.165, 1.54) is 16.3 Å². The van der Waals surface area contributed by atoms with Gasteiger partial charge in [-0.3, -0.25) is 14.5 Å². The zero-order valence-corrected chi connectivity index (χ0v) is 28.5. The Morgan fingerprint density at radius 2 is 1.54 bits per heavy atom. The second kappa shape index (κ2) is 16.2. The van der Waals surface area contributed by atoms with Crippen LogP contribution in [0.1, 0.15) is 72.4 Å². The minimum Gasteiger partial charge on any atom is -0.481 e. The molecule has 0 aliphatic carbocycles. The van der Waals surface area contributed by atoms with Gasteiger partial charge in [0.25, 0.3) is 0 Å². The molecule has 0 spiro atoms. The highest BCUT2D eigenvalue weighted by molar-refractivity contribution is 5.83. The average molecular weight is 673 g/mol. The molecule has 0 unspecified atom stereocenters. The standard InChI is InChI=1S/C42H44N2O6/c1-28(34-20-15-30-7-3-4-8-35(30)23-34)44(2)26-37-24-39(32-13-11-29(27-45)12-14-32)50-42(49-37)33-18-16-31(17-19-33)38-10-6-5-9-36(38)25-43-40(46)21-22-41(47)48/h3-20,23,28,37,39,42,45H,21-22,24-27H2,1-2H3,(H,43,46)(H,47,48)/t28-,37-,39+,42+/m1/s1. The van der Waals surface area contributed by atoms with Crippen molar-refractivity contribution in [2.75, 3.05) is 13.6 Å². The number of benzene rings is 5. The number of carboxylic acid groups (broad SMARTS) is 1. The number of rotatable bonds is 13. The van der Waals surface area contributed by atoms with Gasteiger partial charge in [0.05, 0.1) is 25.2 Å². The van der Waals surface area contributed by atoms with Crippen LogP contribution in [0.4, 0.5) is 0 Å². The van der Waals surface area contributed by atoms with Crippen molar-refractivity contribution in [2.24, 2.45) is 0 Å². The number of amides is 1. The number of hydrogen-bond acceptors (Lipinski definition) is 6. The van der Waals surface area contributed by atoms with Gasteiger partial charge in [-0.25, -0.2) is 0 Å². The number of aliphatic carboxylic acids is 1. The monoisotopic (exact) mass is 672 g/mol. The van der Waals surface area contributed by atoms with Crippen molar-refractivity contribution in [2.45, 2.75) is 63.9 Å². The molecule has 1 saturated heterocycles. The first-order valence-corrected chi connectivity index (χ1v) is 17.1. The van der Waals surface area contributed by atoms with Gasteiger partial charge in [-0.15, -0.1) is 0 Å². The van der Waals surface area contributed by atoms with Crippen LogP contribution >= 0.6 is 0 Å². The van der Waals surface area contributed by atoms with Crippen LogP contribution in [0.2, 0.25) is 0 Å². The van der Waals surface area contributed by atoms with Crippen molar-refractivity contribution in [3.05, 3.63) is 143 Å².